The summed E-state index contributed by atoms with van der Waals surface area (Å²) in [6, 6.07) is 9.65. The van der Waals surface area contributed by atoms with Crippen molar-refractivity contribution in [3.05, 3.63) is 42.0 Å². The van der Waals surface area contributed by atoms with E-state index in [1.165, 1.54) is 0 Å². The number of rotatable bonds is 5. The van der Waals surface area contributed by atoms with Crippen LogP contribution >= 0.6 is 15.9 Å². The zero-order valence-electron chi connectivity index (χ0n) is 9.77. The Morgan fingerprint density at radius 2 is 2.00 bits per heavy atom. The molecule has 0 aliphatic rings. The van der Waals surface area contributed by atoms with Gasteiger partial charge in [-0.05, 0) is 11.6 Å². The fourth-order valence-electron chi connectivity index (χ4n) is 1.17. The largest absolute Gasteiger partial charge is 0.445 e. The van der Waals surface area contributed by atoms with E-state index in [1.807, 2.05) is 36.4 Å². The molecule has 0 aromatic heterocycles. The predicted molar refractivity (Wildman–Crippen MR) is 73.4 cm³/mol. The predicted octanol–water partition coefficient (Wildman–Crippen LogP) is 2.74. The van der Waals surface area contributed by atoms with Crippen LogP contribution < -0.4 is 5.32 Å². The van der Waals surface area contributed by atoms with Crippen LogP contribution in [0.1, 0.15) is 12.0 Å². The molecule has 0 atom stereocenters. The van der Waals surface area contributed by atoms with Crippen LogP contribution in [0.3, 0.4) is 0 Å². The van der Waals surface area contributed by atoms with E-state index in [0.717, 1.165) is 5.56 Å². The number of carbonyl (C=O) groups is 2. The first-order valence-electron chi connectivity index (χ1n) is 5.46. The average Bonchev–Trinajstić information content (AvgIpc) is 2.36. The molecular weight excluding hydrogens is 298 g/mol. The van der Waals surface area contributed by atoms with E-state index in [2.05, 4.69) is 21.2 Å². The standard InChI is InChI=1S/C13H14BrNO3/c14-9-8-12(16)15-13(17)18-10-4-7-11-5-2-1-3-6-11/h1-7H,8-10H2,(H,15,16,17). The zero-order chi connectivity index (χ0) is 13.2. The Hall–Kier alpha value is -1.62. The number of benzene rings is 1. The minimum atomic E-state index is -0.723. The van der Waals surface area contributed by atoms with Gasteiger partial charge in [0, 0.05) is 11.8 Å². The Bertz CT molecular complexity index is 418. The van der Waals surface area contributed by atoms with Crippen LogP contribution in [0.25, 0.3) is 6.08 Å². The molecule has 0 aliphatic carbocycles. The van der Waals surface area contributed by atoms with Crippen LogP contribution in [0.15, 0.2) is 36.4 Å². The van der Waals surface area contributed by atoms with Crippen molar-refractivity contribution in [2.75, 3.05) is 11.9 Å². The van der Waals surface area contributed by atoms with Crippen molar-refractivity contribution in [2.45, 2.75) is 6.42 Å². The van der Waals surface area contributed by atoms with Crippen molar-refractivity contribution in [1.29, 1.82) is 0 Å². The monoisotopic (exact) mass is 311 g/mol. The Labute approximate surface area is 114 Å². The molecule has 0 heterocycles. The number of amides is 2. The number of hydrogen-bond acceptors (Lipinski definition) is 3. The van der Waals surface area contributed by atoms with E-state index in [1.54, 1.807) is 6.08 Å². The first kappa shape index (κ1) is 14.4. The number of halogens is 1. The molecule has 4 nitrogen and oxygen atoms in total. The lowest BCUT2D eigenvalue weighted by Gasteiger charge is -2.02. The van der Waals surface area contributed by atoms with E-state index in [4.69, 9.17) is 4.74 Å². The molecule has 5 heteroatoms. The van der Waals surface area contributed by atoms with Crippen molar-refractivity contribution >= 4 is 34.0 Å². The average molecular weight is 312 g/mol. The van der Waals surface area contributed by atoms with Gasteiger partial charge in [0.05, 0.1) is 0 Å². The molecule has 0 radical (unpaired) electrons. The van der Waals surface area contributed by atoms with E-state index in [9.17, 15) is 9.59 Å². The van der Waals surface area contributed by atoms with Crippen molar-refractivity contribution in [2.24, 2.45) is 0 Å². The third-order valence-electron chi connectivity index (χ3n) is 1.98. The molecule has 0 fully saturated rings. The second kappa shape index (κ2) is 8.47. The van der Waals surface area contributed by atoms with Crippen molar-refractivity contribution in [3.63, 3.8) is 0 Å². The van der Waals surface area contributed by atoms with Crippen molar-refractivity contribution < 1.29 is 14.3 Å². The van der Waals surface area contributed by atoms with Crippen LogP contribution in [0.4, 0.5) is 4.79 Å². The van der Waals surface area contributed by atoms with Crippen LogP contribution in [0, 0.1) is 0 Å². The summed E-state index contributed by atoms with van der Waals surface area (Å²) in [6.45, 7) is 0.127. The van der Waals surface area contributed by atoms with Gasteiger partial charge in [-0.15, -0.1) is 0 Å². The van der Waals surface area contributed by atoms with E-state index < -0.39 is 6.09 Å². The highest BCUT2D eigenvalue weighted by Gasteiger charge is 2.06. The fourth-order valence-corrected chi connectivity index (χ4v) is 1.53. The molecule has 1 rings (SSSR count). The van der Waals surface area contributed by atoms with Crippen LogP contribution in [0.5, 0.6) is 0 Å². The molecule has 1 aromatic rings. The normalized spacial score (nSPS) is 10.3. The number of hydrogen-bond donors (Lipinski definition) is 1. The van der Waals surface area contributed by atoms with Crippen LogP contribution in [0.2, 0.25) is 0 Å². The molecule has 96 valence electrons. The lowest BCUT2D eigenvalue weighted by atomic mass is 10.2. The summed E-state index contributed by atoms with van der Waals surface area (Å²) in [4.78, 5) is 22.2. The number of carbonyl (C=O) groups excluding carboxylic acids is 2. The van der Waals surface area contributed by atoms with Gasteiger partial charge in [-0.1, -0.05) is 52.3 Å². The maximum absolute atomic E-state index is 11.1. The van der Waals surface area contributed by atoms with E-state index >= 15 is 0 Å². The van der Waals surface area contributed by atoms with Gasteiger partial charge in [-0.3, -0.25) is 10.1 Å². The quantitative estimate of drug-likeness (QED) is 0.851. The third-order valence-corrected chi connectivity index (χ3v) is 2.38. The maximum Gasteiger partial charge on any atom is 0.414 e. The molecule has 0 saturated heterocycles. The smallest absolute Gasteiger partial charge is 0.414 e. The van der Waals surface area contributed by atoms with Gasteiger partial charge in [0.25, 0.3) is 0 Å². The van der Waals surface area contributed by atoms with Gasteiger partial charge in [0.15, 0.2) is 0 Å². The van der Waals surface area contributed by atoms with Gasteiger partial charge in [-0.25, -0.2) is 4.79 Å². The van der Waals surface area contributed by atoms with Crippen molar-refractivity contribution in [1.82, 2.24) is 5.32 Å². The zero-order valence-corrected chi connectivity index (χ0v) is 11.4. The summed E-state index contributed by atoms with van der Waals surface area (Å²) in [6.07, 6.45) is 3.07. The molecule has 0 unspecified atom stereocenters. The Kier molecular flexibility index (Phi) is 6.79. The number of nitrogens with one attached hydrogen (secondary N) is 1. The minimum Gasteiger partial charge on any atom is -0.445 e. The Morgan fingerprint density at radius 3 is 2.67 bits per heavy atom. The molecule has 1 aromatic carbocycles. The third kappa shape index (κ3) is 6.20. The summed E-state index contributed by atoms with van der Waals surface area (Å²) < 4.78 is 4.81. The summed E-state index contributed by atoms with van der Waals surface area (Å²) >= 11 is 3.11. The summed E-state index contributed by atoms with van der Waals surface area (Å²) in [5.74, 6) is -0.357. The number of ether oxygens (including phenoxy) is 1. The highest BCUT2D eigenvalue weighted by atomic mass is 79.9. The second-order valence-corrected chi connectivity index (χ2v) is 4.19. The van der Waals surface area contributed by atoms with Gasteiger partial charge < -0.3 is 4.74 Å². The minimum absolute atomic E-state index is 0.127. The summed E-state index contributed by atoms with van der Waals surface area (Å²) in [7, 11) is 0. The molecule has 0 aliphatic heterocycles. The van der Waals surface area contributed by atoms with Crippen LogP contribution in [-0.2, 0) is 9.53 Å². The molecular formula is C13H14BrNO3. The van der Waals surface area contributed by atoms with Gasteiger partial charge in [0.1, 0.15) is 6.61 Å². The van der Waals surface area contributed by atoms with Gasteiger partial charge >= 0.3 is 6.09 Å². The van der Waals surface area contributed by atoms with Crippen LogP contribution in [-0.4, -0.2) is 23.9 Å². The molecule has 1 N–H and O–H groups in total. The first-order valence-corrected chi connectivity index (χ1v) is 6.58. The van der Waals surface area contributed by atoms with E-state index in [0.29, 0.717) is 5.33 Å². The number of alkyl carbamates (subject to hydrolysis) is 1. The fraction of sp³-hybridized carbons (Fsp3) is 0.231. The summed E-state index contributed by atoms with van der Waals surface area (Å²) in [5.41, 5.74) is 1.02. The molecule has 0 saturated carbocycles. The number of alkyl halides is 1. The molecule has 0 bridgehead atoms. The summed E-state index contributed by atoms with van der Waals surface area (Å²) in [5, 5.41) is 2.63. The highest BCUT2D eigenvalue weighted by Crippen LogP contribution is 2.00. The van der Waals surface area contributed by atoms with E-state index in [-0.39, 0.29) is 18.9 Å². The second-order valence-electron chi connectivity index (χ2n) is 3.40. The first-order chi connectivity index (χ1) is 8.72. The Morgan fingerprint density at radius 1 is 1.28 bits per heavy atom. The lowest BCUT2D eigenvalue weighted by Crippen LogP contribution is -2.31. The molecule has 18 heavy (non-hydrogen) atoms. The van der Waals surface area contributed by atoms with Crippen molar-refractivity contribution in [3.8, 4) is 0 Å². The highest BCUT2D eigenvalue weighted by molar-refractivity contribution is 9.09. The SMILES string of the molecule is O=C(CCBr)NC(=O)OCC=Cc1ccccc1. The van der Waals surface area contributed by atoms with Gasteiger partial charge in [0.2, 0.25) is 5.91 Å². The Balaban J connectivity index is 2.23. The lowest BCUT2D eigenvalue weighted by molar-refractivity contribution is -0.119. The maximum atomic E-state index is 11.1. The molecule has 2 amide bonds. The topological polar surface area (TPSA) is 55.4 Å². The molecule has 0 spiro atoms. The van der Waals surface area contributed by atoms with Gasteiger partial charge in [-0.2, -0.15) is 0 Å². The number of imide groups is 1.